The summed E-state index contributed by atoms with van der Waals surface area (Å²) in [6.07, 6.45) is 0.996. The van der Waals surface area contributed by atoms with E-state index in [1.54, 1.807) is 0 Å². The van der Waals surface area contributed by atoms with E-state index in [0.29, 0.717) is 11.3 Å². The van der Waals surface area contributed by atoms with Gasteiger partial charge in [0.1, 0.15) is 5.82 Å². The van der Waals surface area contributed by atoms with Gasteiger partial charge in [-0.15, -0.1) is 0 Å². The van der Waals surface area contributed by atoms with Gasteiger partial charge in [0.15, 0.2) is 0 Å². The van der Waals surface area contributed by atoms with E-state index >= 15 is 0 Å². The fraction of sp³-hybridized carbons (Fsp3) is 0.588. The van der Waals surface area contributed by atoms with Crippen LogP contribution in [0.15, 0.2) is 24.3 Å². The second kappa shape index (κ2) is 7.85. The normalized spacial score (nSPS) is 13.2. The zero-order valence-electron chi connectivity index (χ0n) is 13.6. The molecule has 1 atom stereocenters. The van der Waals surface area contributed by atoms with E-state index in [9.17, 15) is 0 Å². The number of aromatic nitrogens is 2. The summed E-state index contributed by atoms with van der Waals surface area (Å²) in [5.74, 6) is 2.34. The van der Waals surface area contributed by atoms with E-state index in [1.165, 1.54) is 11.3 Å². The average Bonchev–Trinajstić information content (AvgIpc) is 2.82. The van der Waals surface area contributed by atoms with Gasteiger partial charge in [0.05, 0.1) is 11.0 Å². The van der Waals surface area contributed by atoms with Crippen molar-refractivity contribution in [1.82, 2.24) is 14.9 Å². The predicted octanol–water partition coefficient (Wildman–Crippen LogP) is 3.72. The van der Waals surface area contributed by atoms with Crippen LogP contribution in [0.25, 0.3) is 11.0 Å². The van der Waals surface area contributed by atoms with Crippen molar-refractivity contribution in [3.63, 3.8) is 0 Å². The first-order valence-corrected chi connectivity index (χ1v) is 8.99. The zero-order valence-corrected chi connectivity index (χ0v) is 14.4. The number of fused-ring (bicyclic) bond motifs is 1. The molecule has 0 bridgehead atoms. The zero-order chi connectivity index (χ0) is 15.2. The van der Waals surface area contributed by atoms with E-state index in [-0.39, 0.29) is 0 Å². The maximum absolute atomic E-state index is 4.85. The highest BCUT2D eigenvalue weighted by molar-refractivity contribution is 7.99. The Morgan fingerprint density at radius 3 is 2.67 bits per heavy atom. The van der Waals surface area contributed by atoms with Crippen LogP contribution in [-0.2, 0) is 13.0 Å². The molecule has 3 nitrogen and oxygen atoms in total. The summed E-state index contributed by atoms with van der Waals surface area (Å²) in [5, 5.41) is 4.28. The van der Waals surface area contributed by atoms with Crippen molar-refractivity contribution in [2.24, 2.45) is 0 Å². The number of hydrogen-bond donors (Lipinski definition) is 1. The van der Waals surface area contributed by atoms with Gasteiger partial charge in [-0.05, 0) is 30.9 Å². The van der Waals surface area contributed by atoms with Crippen LogP contribution < -0.4 is 5.32 Å². The van der Waals surface area contributed by atoms with Crippen molar-refractivity contribution < 1.29 is 0 Å². The number of aryl methyl sites for hydroxylation is 1. The summed E-state index contributed by atoms with van der Waals surface area (Å²) in [6, 6.07) is 8.92. The van der Waals surface area contributed by atoms with Crippen LogP contribution in [0.5, 0.6) is 0 Å². The minimum absolute atomic E-state index is 0.490. The van der Waals surface area contributed by atoms with Crippen LogP contribution in [0, 0.1) is 0 Å². The Balaban J connectivity index is 2.19. The molecule has 1 unspecified atom stereocenters. The second-order valence-corrected chi connectivity index (χ2v) is 7.21. The lowest BCUT2D eigenvalue weighted by molar-refractivity contribution is 0.544. The molecule has 116 valence electrons. The second-order valence-electron chi connectivity index (χ2n) is 5.60. The minimum Gasteiger partial charge on any atom is -0.328 e. The van der Waals surface area contributed by atoms with Gasteiger partial charge < -0.3 is 9.88 Å². The molecule has 1 aromatic carbocycles. The lowest BCUT2D eigenvalue weighted by atomic mass is 10.2. The summed E-state index contributed by atoms with van der Waals surface area (Å²) in [6.45, 7) is 10.9. The van der Waals surface area contributed by atoms with E-state index in [4.69, 9.17) is 4.98 Å². The largest absolute Gasteiger partial charge is 0.328 e. The first-order valence-electron chi connectivity index (χ1n) is 7.94. The number of hydrogen-bond acceptors (Lipinski definition) is 3. The van der Waals surface area contributed by atoms with Crippen LogP contribution in [-0.4, -0.2) is 33.1 Å². The van der Waals surface area contributed by atoms with Crippen molar-refractivity contribution in [2.45, 2.75) is 52.0 Å². The van der Waals surface area contributed by atoms with Gasteiger partial charge in [-0.25, -0.2) is 4.98 Å². The molecule has 0 saturated carbocycles. The summed E-state index contributed by atoms with van der Waals surface area (Å²) in [7, 11) is 0. The van der Waals surface area contributed by atoms with Crippen LogP contribution in [0.3, 0.4) is 0 Å². The molecule has 1 heterocycles. The van der Waals surface area contributed by atoms with E-state index in [0.717, 1.165) is 30.8 Å². The van der Waals surface area contributed by atoms with Gasteiger partial charge >= 0.3 is 0 Å². The minimum atomic E-state index is 0.490. The first kappa shape index (κ1) is 16.4. The van der Waals surface area contributed by atoms with E-state index in [1.807, 2.05) is 11.8 Å². The molecule has 0 radical (unpaired) electrons. The lowest BCUT2D eigenvalue weighted by Crippen LogP contribution is -2.34. The topological polar surface area (TPSA) is 29.9 Å². The Hall–Kier alpha value is -1.00. The molecule has 0 saturated heterocycles. The summed E-state index contributed by atoms with van der Waals surface area (Å²) in [5.41, 5.74) is 2.36. The van der Waals surface area contributed by atoms with Gasteiger partial charge in [-0.2, -0.15) is 11.8 Å². The Morgan fingerprint density at radius 1 is 1.24 bits per heavy atom. The fourth-order valence-corrected chi connectivity index (χ4v) is 3.49. The quantitative estimate of drug-likeness (QED) is 0.806. The maximum Gasteiger partial charge on any atom is 0.111 e. The number of nitrogens with zero attached hydrogens (tertiary/aromatic N) is 2. The van der Waals surface area contributed by atoms with Crippen LogP contribution in [0.4, 0.5) is 0 Å². The van der Waals surface area contributed by atoms with Crippen LogP contribution in [0.1, 0.15) is 33.5 Å². The average molecular weight is 305 g/mol. The molecular formula is C17H27N3S. The molecule has 2 aromatic rings. The third kappa shape index (κ3) is 4.24. The molecule has 1 aromatic heterocycles. The van der Waals surface area contributed by atoms with Crippen molar-refractivity contribution in [2.75, 3.05) is 12.3 Å². The Labute approximate surface area is 132 Å². The number of benzene rings is 1. The summed E-state index contributed by atoms with van der Waals surface area (Å²) in [4.78, 5) is 4.85. The van der Waals surface area contributed by atoms with Crippen LogP contribution in [0.2, 0.25) is 0 Å². The van der Waals surface area contributed by atoms with Crippen molar-refractivity contribution >= 4 is 22.8 Å². The van der Waals surface area contributed by atoms with E-state index < -0.39 is 0 Å². The van der Waals surface area contributed by atoms with Gasteiger partial charge in [0.2, 0.25) is 0 Å². The third-order valence-electron chi connectivity index (χ3n) is 3.60. The van der Waals surface area contributed by atoms with Crippen molar-refractivity contribution in [3.8, 4) is 0 Å². The molecule has 0 fully saturated rings. The maximum atomic E-state index is 4.85. The van der Waals surface area contributed by atoms with E-state index in [2.05, 4.69) is 61.8 Å². The molecule has 4 heteroatoms. The Morgan fingerprint density at radius 2 is 2.00 bits per heavy atom. The molecule has 0 aliphatic rings. The molecule has 1 N–H and O–H groups in total. The number of rotatable bonds is 8. The molecule has 2 rings (SSSR count). The standard InChI is InChI=1S/C17H27N3S/c1-5-18-14(12-21-13(3)4)11-17-19-15-9-7-8-10-16(15)20(17)6-2/h7-10,13-14,18H,5-6,11-12H2,1-4H3. The van der Waals surface area contributed by atoms with Gasteiger partial charge in [0.25, 0.3) is 0 Å². The van der Waals surface area contributed by atoms with Crippen molar-refractivity contribution in [1.29, 1.82) is 0 Å². The molecule has 0 amide bonds. The molecule has 21 heavy (non-hydrogen) atoms. The van der Waals surface area contributed by atoms with Gasteiger partial charge in [-0.3, -0.25) is 0 Å². The monoisotopic (exact) mass is 305 g/mol. The Bertz CT molecular complexity index is 562. The fourth-order valence-electron chi connectivity index (χ4n) is 2.64. The highest BCUT2D eigenvalue weighted by atomic mass is 32.2. The molecule has 0 aliphatic heterocycles. The number of para-hydroxylation sites is 2. The smallest absolute Gasteiger partial charge is 0.111 e. The summed E-state index contributed by atoms with van der Waals surface area (Å²) >= 11 is 2.02. The number of imidazole rings is 1. The SMILES string of the molecule is CCNC(CSC(C)C)Cc1nc2ccccc2n1CC. The molecule has 0 spiro atoms. The lowest BCUT2D eigenvalue weighted by Gasteiger charge is -2.19. The predicted molar refractivity (Wildman–Crippen MR) is 94.2 cm³/mol. The number of likely N-dealkylation sites (N-methyl/N-ethyl adjacent to an activating group) is 1. The highest BCUT2D eigenvalue weighted by Crippen LogP contribution is 2.19. The third-order valence-corrected chi connectivity index (χ3v) is 4.86. The highest BCUT2D eigenvalue weighted by Gasteiger charge is 2.15. The van der Waals surface area contributed by atoms with Crippen LogP contribution >= 0.6 is 11.8 Å². The summed E-state index contributed by atoms with van der Waals surface area (Å²) < 4.78 is 2.35. The molecular weight excluding hydrogens is 278 g/mol. The van der Waals surface area contributed by atoms with Gasteiger partial charge in [-0.1, -0.05) is 32.9 Å². The number of thioether (sulfide) groups is 1. The first-order chi connectivity index (χ1) is 10.2. The Kier molecular flexibility index (Phi) is 6.12. The van der Waals surface area contributed by atoms with Gasteiger partial charge in [0, 0.05) is 24.8 Å². The number of nitrogens with one attached hydrogen (secondary N) is 1. The molecule has 0 aliphatic carbocycles. The van der Waals surface area contributed by atoms with Crippen molar-refractivity contribution in [3.05, 3.63) is 30.1 Å².